The molecule has 1 fully saturated rings. The molecule has 1 saturated carbocycles. The lowest BCUT2D eigenvalue weighted by atomic mass is 9.77. The van der Waals surface area contributed by atoms with E-state index in [4.69, 9.17) is 10.2 Å². The van der Waals surface area contributed by atoms with Crippen LogP contribution in [0.3, 0.4) is 0 Å². The largest absolute Gasteiger partial charge is 0.478 e. The first-order valence-corrected chi connectivity index (χ1v) is 3.97. The zero-order valence-electron chi connectivity index (χ0n) is 6.79. The highest BCUT2D eigenvalue weighted by molar-refractivity contribution is 5.79. The summed E-state index contributed by atoms with van der Waals surface area (Å²) >= 11 is 0. The van der Waals surface area contributed by atoms with E-state index in [2.05, 4.69) is 5.32 Å². The molecule has 1 aliphatic rings. The van der Waals surface area contributed by atoms with Gasteiger partial charge in [-0.3, -0.25) is 0 Å². The Balaban J connectivity index is 2.34. The molecule has 4 heteroatoms. The Labute approximate surface area is 70.9 Å². The van der Waals surface area contributed by atoms with Crippen molar-refractivity contribution in [2.75, 3.05) is 6.61 Å². The van der Waals surface area contributed by atoms with E-state index in [9.17, 15) is 4.79 Å². The minimum atomic E-state index is -0.977. The lowest BCUT2D eigenvalue weighted by Gasteiger charge is -2.40. The Bertz CT molecular complexity index is 191. The average molecular weight is 171 g/mol. The fourth-order valence-electron chi connectivity index (χ4n) is 1.24. The third kappa shape index (κ3) is 1.98. The van der Waals surface area contributed by atoms with Crippen LogP contribution in [0.4, 0.5) is 0 Å². The van der Waals surface area contributed by atoms with Crippen LogP contribution in [0.5, 0.6) is 0 Å². The highest BCUT2D eigenvalue weighted by Crippen LogP contribution is 2.30. The summed E-state index contributed by atoms with van der Waals surface area (Å²) in [7, 11) is 0. The van der Waals surface area contributed by atoms with Crippen molar-refractivity contribution in [3.63, 3.8) is 0 Å². The molecule has 3 N–H and O–H groups in total. The topological polar surface area (TPSA) is 69.6 Å². The quantitative estimate of drug-likeness (QED) is 0.524. The third-order valence-corrected chi connectivity index (χ3v) is 2.23. The zero-order valence-corrected chi connectivity index (χ0v) is 6.79. The second-order valence-electron chi connectivity index (χ2n) is 3.11. The number of carbonyl (C=O) groups is 1. The van der Waals surface area contributed by atoms with E-state index in [-0.39, 0.29) is 12.1 Å². The number of aliphatic carboxylic acids is 1. The lowest BCUT2D eigenvalue weighted by molar-refractivity contribution is -0.131. The molecule has 0 aromatic rings. The molecule has 0 spiro atoms. The SMILES string of the molecule is O=C(O)/C=C/NC1(CO)CCC1. The molecule has 1 aliphatic carbocycles. The van der Waals surface area contributed by atoms with Crippen molar-refractivity contribution >= 4 is 5.97 Å². The summed E-state index contributed by atoms with van der Waals surface area (Å²) in [5.74, 6) is -0.977. The summed E-state index contributed by atoms with van der Waals surface area (Å²) < 4.78 is 0. The van der Waals surface area contributed by atoms with E-state index in [0.29, 0.717) is 0 Å². The molecule has 0 aromatic carbocycles. The van der Waals surface area contributed by atoms with Crippen LogP contribution in [-0.2, 0) is 4.79 Å². The molecule has 0 heterocycles. The first-order valence-electron chi connectivity index (χ1n) is 3.97. The van der Waals surface area contributed by atoms with Gasteiger partial charge in [0.15, 0.2) is 0 Å². The normalized spacial score (nSPS) is 20.4. The van der Waals surface area contributed by atoms with Crippen LogP contribution >= 0.6 is 0 Å². The van der Waals surface area contributed by atoms with Gasteiger partial charge < -0.3 is 15.5 Å². The molecule has 0 radical (unpaired) electrons. The van der Waals surface area contributed by atoms with Crippen LogP contribution in [0.2, 0.25) is 0 Å². The number of carboxylic acid groups (broad SMARTS) is 1. The first-order chi connectivity index (χ1) is 5.68. The Kier molecular flexibility index (Phi) is 2.70. The van der Waals surface area contributed by atoms with Crippen LogP contribution in [0.1, 0.15) is 19.3 Å². The standard InChI is InChI=1S/C8H13NO3/c10-6-8(3-1-4-8)9-5-2-7(11)12/h2,5,9-10H,1,3-4,6H2,(H,11,12)/b5-2+. The summed E-state index contributed by atoms with van der Waals surface area (Å²) in [6.45, 7) is 0.0664. The monoisotopic (exact) mass is 171 g/mol. The minimum absolute atomic E-state index is 0.0664. The fourth-order valence-corrected chi connectivity index (χ4v) is 1.24. The summed E-state index contributed by atoms with van der Waals surface area (Å²) in [5, 5.41) is 20.1. The minimum Gasteiger partial charge on any atom is -0.478 e. The maximum Gasteiger partial charge on any atom is 0.329 e. The van der Waals surface area contributed by atoms with Crippen LogP contribution in [0.15, 0.2) is 12.3 Å². The summed E-state index contributed by atoms with van der Waals surface area (Å²) in [4.78, 5) is 10.1. The van der Waals surface area contributed by atoms with Crippen molar-refractivity contribution in [2.45, 2.75) is 24.8 Å². The van der Waals surface area contributed by atoms with Crippen molar-refractivity contribution in [1.29, 1.82) is 0 Å². The van der Waals surface area contributed by atoms with Gasteiger partial charge >= 0.3 is 5.97 Å². The number of rotatable bonds is 4. The van der Waals surface area contributed by atoms with E-state index in [1.807, 2.05) is 0 Å². The van der Waals surface area contributed by atoms with Gasteiger partial charge in [0.05, 0.1) is 12.1 Å². The molecule has 0 bridgehead atoms. The number of nitrogens with one attached hydrogen (secondary N) is 1. The van der Waals surface area contributed by atoms with Crippen molar-refractivity contribution in [1.82, 2.24) is 5.32 Å². The predicted octanol–water partition coefficient (Wildman–Crippen LogP) is 0.0893. The maximum absolute atomic E-state index is 10.1. The molecule has 0 amide bonds. The Morgan fingerprint density at radius 2 is 2.25 bits per heavy atom. The fraction of sp³-hybridized carbons (Fsp3) is 0.625. The summed E-state index contributed by atoms with van der Waals surface area (Å²) in [6.07, 6.45) is 5.34. The number of aliphatic hydroxyl groups excluding tert-OH is 1. The van der Waals surface area contributed by atoms with Crippen LogP contribution in [0.25, 0.3) is 0 Å². The molecule has 0 aromatic heterocycles. The summed E-state index contributed by atoms with van der Waals surface area (Å²) in [6, 6.07) is 0. The highest BCUT2D eigenvalue weighted by atomic mass is 16.4. The van der Waals surface area contributed by atoms with Crippen LogP contribution < -0.4 is 5.32 Å². The van der Waals surface area contributed by atoms with Gasteiger partial charge in [-0.2, -0.15) is 0 Å². The molecule has 1 rings (SSSR count). The predicted molar refractivity (Wildman–Crippen MR) is 43.6 cm³/mol. The zero-order chi connectivity index (χ0) is 9.03. The number of carboxylic acids is 1. The van der Waals surface area contributed by atoms with Crippen molar-refractivity contribution in [3.8, 4) is 0 Å². The third-order valence-electron chi connectivity index (χ3n) is 2.23. The molecule has 68 valence electrons. The van der Waals surface area contributed by atoms with E-state index in [1.165, 1.54) is 6.20 Å². The van der Waals surface area contributed by atoms with Crippen LogP contribution in [-0.4, -0.2) is 28.3 Å². The van der Waals surface area contributed by atoms with Crippen LogP contribution in [0, 0.1) is 0 Å². The first kappa shape index (κ1) is 9.06. The average Bonchev–Trinajstić information content (AvgIpc) is 1.94. The molecular formula is C8H13NO3. The highest BCUT2D eigenvalue weighted by Gasteiger charge is 2.34. The molecule has 0 saturated heterocycles. The van der Waals surface area contributed by atoms with E-state index < -0.39 is 5.97 Å². The van der Waals surface area contributed by atoms with Gasteiger partial charge in [-0.05, 0) is 19.3 Å². The number of hydrogen-bond donors (Lipinski definition) is 3. The Morgan fingerprint density at radius 1 is 1.58 bits per heavy atom. The van der Waals surface area contributed by atoms with Gasteiger partial charge in [-0.1, -0.05) is 0 Å². The van der Waals surface area contributed by atoms with Gasteiger partial charge in [-0.25, -0.2) is 4.79 Å². The molecule has 0 atom stereocenters. The van der Waals surface area contributed by atoms with Gasteiger partial charge in [-0.15, -0.1) is 0 Å². The molecule has 4 nitrogen and oxygen atoms in total. The van der Waals surface area contributed by atoms with Gasteiger partial charge in [0.2, 0.25) is 0 Å². The van der Waals surface area contributed by atoms with Crippen molar-refractivity contribution in [3.05, 3.63) is 12.3 Å². The number of aliphatic hydroxyl groups is 1. The van der Waals surface area contributed by atoms with E-state index >= 15 is 0 Å². The van der Waals surface area contributed by atoms with Gasteiger partial charge in [0, 0.05) is 12.3 Å². The molecule has 0 aliphatic heterocycles. The maximum atomic E-state index is 10.1. The number of hydrogen-bond acceptors (Lipinski definition) is 3. The summed E-state index contributed by atoms with van der Waals surface area (Å²) in [5.41, 5.74) is -0.244. The second-order valence-corrected chi connectivity index (χ2v) is 3.11. The second kappa shape index (κ2) is 3.58. The Hall–Kier alpha value is -1.03. The van der Waals surface area contributed by atoms with Crippen molar-refractivity contribution in [2.24, 2.45) is 0 Å². The van der Waals surface area contributed by atoms with Gasteiger partial charge in [0.25, 0.3) is 0 Å². The van der Waals surface area contributed by atoms with Crippen molar-refractivity contribution < 1.29 is 15.0 Å². The molecular weight excluding hydrogens is 158 g/mol. The smallest absolute Gasteiger partial charge is 0.329 e. The molecule has 0 unspecified atom stereocenters. The van der Waals surface area contributed by atoms with E-state index in [0.717, 1.165) is 25.3 Å². The Morgan fingerprint density at radius 3 is 2.58 bits per heavy atom. The van der Waals surface area contributed by atoms with E-state index in [1.54, 1.807) is 0 Å². The lowest BCUT2D eigenvalue weighted by Crippen LogP contribution is -2.51. The van der Waals surface area contributed by atoms with Gasteiger partial charge in [0.1, 0.15) is 0 Å². The molecule has 12 heavy (non-hydrogen) atoms.